The van der Waals surface area contributed by atoms with Crippen molar-refractivity contribution in [3.05, 3.63) is 34.9 Å². The van der Waals surface area contributed by atoms with Crippen molar-refractivity contribution >= 4 is 11.6 Å². The molecule has 18 heavy (non-hydrogen) atoms. The van der Waals surface area contributed by atoms with Crippen LogP contribution in [0.4, 0.5) is 0 Å². The van der Waals surface area contributed by atoms with Gasteiger partial charge in [-0.15, -0.1) is 0 Å². The molecular formula is C16H26ClN. The Balaban J connectivity index is 2.76. The lowest BCUT2D eigenvalue weighted by Gasteiger charge is -2.23. The molecule has 0 aliphatic heterocycles. The van der Waals surface area contributed by atoms with Crippen LogP contribution in [0.1, 0.15) is 51.5 Å². The van der Waals surface area contributed by atoms with E-state index < -0.39 is 0 Å². The van der Waals surface area contributed by atoms with Gasteiger partial charge < -0.3 is 5.32 Å². The van der Waals surface area contributed by atoms with Gasteiger partial charge in [0.25, 0.3) is 0 Å². The summed E-state index contributed by atoms with van der Waals surface area (Å²) in [6.07, 6.45) is 3.78. The number of likely N-dealkylation sites (N-methyl/N-ethyl adjacent to an activating group) is 1. The molecule has 1 unspecified atom stereocenters. The van der Waals surface area contributed by atoms with E-state index in [0.29, 0.717) is 5.92 Å². The van der Waals surface area contributed by atoms with Gasteiger partial charge in [0, 0.05) is 11.6 Å². The summed E-state index contributed by atoms with van der Waals surface area (Å²) in [6.45, 7) is 8.81. The number of nitrogens with one attached hydrogen (secondary N) is 1. The molecule has 0 fully saturated rings. The molecule has 1 rings (SSSR count). The number of hydrogen-bond acceptors (Lipinski definition) is 1. The third kappa shape index (κ3) is 4.99. The lowest BCUT2D eigenvalue weighted by molar-refractivity contribution is 0.400. The first kappa shape index (κ1) is 15.5. The van der Waals surface area contributed by atoms with E-state index in [1.807, 2.05) is 6.07 Å². The van der Waals surface area contributed by atoms with Gasteiger partial charge in [0.2, 0.25) is 0 Å². The second-order valence-corrected chi connectivity index (χ2v) is 5.41. The Bertz CT molecular complexity index is 334. The summed E-state index contributed by atoms with van der Waals surface area (Å²) in [5.41, 5.74) is 1.37. The first-order valence-corrected chi connectivity index (χ1v) is 7.55. The Hall–Kier alpha value is -0.530. The van der Waals surface area contributed by atoms with E-state index >= 15 is 0 Å². The van der Waals surface area contributed by atoms with Gasteiger partial charge in [0.1, 0.15) is 0 Å². The molecule has 0 aromatic heterocycles. The minimum absolute atomic E-state index is 0.577. The van der Waals surface area contributed by atoms with Crippen LogP contribution in [0.5, 0.6) is 0 Å². The van der Waals surface area contributed by atoms with Gasteiger partial charge in [-0.05, 0) is 42.5 Å². The van der Waals surface area contributed by atoms with Crippen LogP contribution in [0, 0.1) is 5.92 Å². The molecule has 0 amide bonds. The molecule has 1 aromatic carbocycles. The molecule has 0 spiro atoms. The maximum absolute atomic E-state index is 6.11. The van der Waals surface area contributed by atoms with Crippen LogP contribution >= 0.6 is 11.6 Å². The first-order chi connectivity index (χ1) is 8.71. The molecule has 1 nitrogen and oxygen atoms in total. The lowest BCUT2D eigenvalue weighted by atomic mass is 9.86. The van der Waals surface area contributed by atoms with Gasteiger partial charge in [0.05, 0.1) is 0 Å². The Morgan fingerprint density at radius 2 is 1.89 bits per heavy atom. The quantitative estimate of drug-likeness (QED) is 0.709. The van der Waals surface area contributed by atoms with E-state index in [2.05, 4.69) is 44.3 Å². The monoisotopic (exact) mass is 267 g/mol. The molecule has 0 radical (unpaired) electrons. The van der Waals surface area contributed by atoms with Crippen LogP contribution < -0.4 is 5.32 Å². The van der Waals surface area contributed by atoms with Crippen molar-refractivity contribution in [3.8, 4) is 0 Å². The molecule has 0 bridgehead atoms. The lowest BCUT2D eigenvalue weighted by Crippen LogP contribution is -2.23. The molecule has 1 N–H and O–H groups in total. The Labute approximate surface area is 117 Å². The zero-order chi connectivity index (χ0) is 13.4. The Morgan fingerprint density at radius 1 is 1.17 bits per heavy atom. The molecule has 102 valence electrons. The summed E-state index contributed by atoms with van der Waals surface area (Å²) < 4.78 is 0. The van der Waals surface area contributed by atoms with Crippen LogP contribution in [0.25, 0.3) is 0 Å². The highest BCUT2D eigenvalue weighted by atomic mass is 35.5. The number of hydrogen-bond donors (Lipinski definition) is 1. The van der Waals surface area contributed by atoms with E-state index in [1.165, 1.54) is 24.8 Å². The largest absolute Gasteiger partial charge is 0.316 e. The van der Waals surface area contributed by atoms with E-state index in [-0.39, 0.29) is 0 Å². The maximum Gasteiger partial charge on any atom is 0.0408 e. The molecule has 0 saturated heterocycles. The summed E-state index contributed by atoms with van der Waals surface area (Å²) in [7, 11) is 0. The smallest absolute Gasteiger partial charge is 0.0408 e. The van der Waals surface area contributed by atoms with Crippen molar-refractivity contribution in [2.45, 2.75) is 46.0 Å². The summed E-state index contributed by atoms with van der Waals surface area (Å²) >= 11 is 6.11. The summed E-state index contributed by atoms with van der Waals surface area (Å²) in [6, 6.07) is 8.33. The fourth-order valence-electron chi connectivity index (χ4n) is 2.44. The zero-order valence-corrected chi connectivity index (χ0v) is 12.6. The molecule has 0 aliphatic carbocycles. The van der Waals surface area contributed by atoms with Crippen LogP contribution in [-0.2, 0) is 0 Å². The predicted molar refractivity (Wildman–Crippen MR) is 81.4 cm³/mol. The number of rotatable bonds is 8. The van der Waals surface area contributed by atoms with Crippen LogP contribution in [0.3, 0.4) is 0 Å². The highest BCUT2D eigenvalue weighted by Gasteiger charge is 2.16. The molecule has 0 heterocycles. The van der Waals surface area contributed by atoms with Gasteiger partial charge in [-0.3, -0.25) is 0 Å². The van der Waals surface area contributed by atoms with Gasteiger partial charge >= 0.3 is 0 Å². The SMILES string of the molecule is CCNCC(CC(CC)CC)c1cccc(Cl)c1. The number of halogens is 1. The molecule has 0 saturated carbocycles. The molecule has 1 atom stereocenters. The molecule has 0 aliphatic rings. The normalized spacial score (nSPS) is 12.9. The predicted octanol–water partition coefficient (Wildman–Crippen LogP) is 4.86. The van der Waals surface area contributed by atoms with E-state index in [1.54, 1.807) is 0 Å². The molecular weight excluding hydrogens is 242 g/mol. The standard InChI is InChI=1S/C16H26ClN/c1-4-13(5-2)10-15(12-18-6-3)14-8-7-9-16(17)11-14/h7-9,11,13,15,18H,4-6,10,12H2,1-3H3. The van der Waals surface area contributed by atoms with Crippen molar-refractivity contribution < 1.29 is 0 Å². The third-order valence-corrected chi connectivity index (χ3v) is 3.97. The fraction of sp³-hybridized carbons (Fsp3) is 0.625. The molecule has 1 aromatic rings. The van der Waals surface area contributed by atoms with Crippen LogP contribution in [0.15, 0.2) is 24.3 Å². The van der Waals surface area contributed by atoms with E-state index in [0.717, 1.165) is 24.0 Å². The number of benzene rings is 1. The van der Waals surface area contributed by atoms with Gasteiger partial charge in [-0.1, -0.05) is 57.3 Å². The minimum atomic E-state index is 0.577. The topological polar surface area (TPSA) is 12.0 Å². The van der Waals surface area contributed by atoms with Crippen molar-refractivity contribution in [3.63, 3.8) is 0 Å². The highest BCUT2D eigenvalue weighted by Crippen LogP contribution is 2.28. The minimum Gasteiger partial charge on any atom is -0.316 e. The summed E-state index contributed by atoms with van der Waals surface area (Å²) in [4.78, 5) is 0. The third-order valence-electron chi connectivity index (χ3n) is 3.73. The summed E-state index contributed by atoms with van der Waals surface area (Å²) in [5.74, 6) is 1.39. The van der Waals surface area contributed by atoms with Gasteiger partial charge in [0.15, 0.2) is 0 Å². The fourth-order valence-corrected chi connectivity index (χ4v) is 2.64. The second-order valence-electron chi connectivity index (χ2n) is 4.98. The van der Waals surface area contributed by atoms with Crippen molar-refractivity contribution in [1.29, 1.82) is 0 Å². The Kier molecular flexibility index (Phi) is 7.38. The zero-order valence-electron chi connectivity index (χ0n) is 11.9. The van der Waals surface area contributed by atoms with Crippen LogP contribution in [0.2, 0.25) is 5.02 Å². The molecule has 2 heteroatoms. The van der Waals surface area contributed by atoms with Crippen molar-refractivity contribution in [2.24, 2.45) is 5.92 Å². The van der Waals surface area contributed by atoms with Gasteiger partial charge in [-0.25, -0.2) is 0 Å². The summed E-state index contributed by atoms with van der Waals surface area (Å²) in [5, 5.41) is 4.32. The second kappa shape index (κ2) is 8.55. The first-order valence-electron chi connectivity index (χ1n) is 7.17. The average molecular weight is 268 g/mol. The van der Waals surface area contributed by atoms with Crippen molar-refractivity contribution in [2.75, 3.05) is 13.1 Å². The average Bonchev–Trinajstić information content (AvgIpc) is 2.39. The van der Waals surface area contributed by atoms with E-state index in [9.17, 15) is 0 Å². The van der Waals surface area contributed by atoms with Crippen LogP contribution in [-0.4, -0.2) is 13.1 Å². The van der Waals surface area contributed by atoms with E-state index in [4.69, 9.17) is 11.6 Å². The Morgan fingerprint density at radius 3 is 2.44 bits per heavy atom. The highest BCUT2D eigenvalue weighted by molar-refractivity contribution is 6.30. The maximum atomic E-state index is 6.11. The van der Waals surface area contributed by atoms with Crippen molar-refractivity contribution in [1.82, 2.24) is 5.32 Å². The van der Waals surface area contributed by atoms with Gasteiger partial charge in [-0.2, -0.15) is 0 Å².